The van der Waals surface area contributed by atoms with E-state index in [0.29, 0.717) is 21.6 Å². The second-order valence-electron chi connectivity index (χ2n) is 5.50. The number of alkyl halides is 1. The summed E-state index contributed by atoms with van der Waals surface area (Å²) in [7, 11) is 0. The van der Waals surface area contributed by atoms with Crippen LogP contribution in [0.2, 0.25) is 10.0 Å². The first-order valence-electron chi connectivity index (χ1n) is 7.47. The molecule has 2 aromatic carbocycles. The molecule has 0 spiro atoms. The lowest BCUT2D eigenvalue weighted by atomic mass is 9.94. The molecule has 0 bridgehead atoms. The van der Waals surface area contributed by atoms with Crippen LogP contribution in [0.4, 0.5) is 5.69 Å². The van der Waals surface area contributed by atoms with Gasteiger partial charge in [-0.2, -0.15) is 0 Å². The van der Waals surface area contributed by atoms with Crippen molar-refractivity contribution in [2.45, 2.75) is 11.4 Å². The topological polar surface area (TPSA) is 70.7 Å². The molecule has 5 nitrogen and oxygen atoms in total. The molecule has 1 amide bonds. The number of hydrazine groups is 1. The summed E-state index contributed by atoms with van der Waals surface area (Å²) in [5.41, 5.74) is 10.9. The van der Waals surface area contributed by atoms with E-state index >= 15 is 0 Å². The Morgan fingerprint density at radius 3 is 2.64 bits per heavy atom. The largest absolute Gasteiger partial charge is 0.324 e. The number of nitrogens with one attached hydrogen (secondary N) is 1. The monoisotopic (exact) mass is 440 g/mol. The van der Waals surface area contributed by atoms with Crippen LogP contribution >= 0.6 is 39.1 Å². The molecule has 1 heterocycles. The highest BCUT2D eigenvalue weighted by Gasteiger charge is 2.46. The van der Waals surface area contributed by atoms with Gasteiger partial charge >= 0.3 is 0 Å². The van der Waals surface area contributed by atoms with Gasteiger partial charge in [0.25, 0.3) is 0 Å². The highest BCUT2D eigenvalue weighted by atomic mass is 79.9. The number of hydrogen-bond acceptors (Lipinski definition) is 4. The SMILES string of the molecule is CC(=O)NN1C(CN)=Nc2ccc(Cl)cc2C1(Br)c1ccccc1Cl. The average molecular weight is 442 g/mol. The van der Waals surface area contributed by atoms with Crippen molar-refractivity contribution in [2.24, 2.45) is 10.7 Å². The van der Waals surface area contributed by atoms with E-state index in [9.17, 15) is 4.79 Å². The van der Waals surface area contributed by atoms with Crippen molar-refractivity contribution in [1.82, 2.24) is 10.4 Å². The zero-order valence-corrected chi connectivity index (χ0v) is 16.4. The van der Waals surface area contributed by atoms with Crippen LogP contribution in [0.25, 0.3) is 0 Å². The number of carbonyl (C=O) groups excluding carboxylic acids is 1. The minimum absolute atomic E-state index is 0.125. The van der Waals surface area contributed by atoms with Gasteiger partial charge in [0.1, 0.15) is 5.84 Å². The number of nitrogens with zero attached hydrogens (tertiary/aromatic N) is 2. The van der Waals surface area contributed by atoms with Crippen LogP contribution in [-0.2, 0) is 9.24 Å². The molecule has 3 N–H and O–H groups in total. The Labute approximate surface area is 163 Å². The van der Waals surface area contributed by atoms with Crippen LogP contribution in [0.5, 0.6) is 0 Å². The van der Waals surface area contributed by atoms with Crippen LogP contribution in [-0.4, -0.2) is 23.3 Å². The van der Waals surface area contributed by atoms with E-state index in [2.05, 4.69) is 26.3 Å². The van der Waals surface area contributed by atoms with Gasteiger partial charge in [-0.1, -0.05) is 41.4 Å². The third kappa shape index (κ3) is 3.15. The molecule has 0 saturated carbocycles. The minimum atomic E-state index is -1.01. The number of fused-ring (bicyclic) bond motifs is 1. The van der Waals surface area contributed by atoms with Gasteiger partial charge in [0, 0.05) is 28.1 Å². The zero-order chi connectivity index (χ0) is 18.2. The molecule has 0 radical (unpaired) electrons. The van der Waals surface area contributed by atoms with Crippen LogP contribution in [0.15, 0.2) is 47.5 Å². The Kier molecular flexibility index (Phi) is 5.06. The highest BCUT2D eigenvalue weighted by Crippen LogP contribution is 2.50. The smallest absolute Gasteiger partial charge is 0.235 e. The molecule has 2 aromatic rings. The molecule has 0 aromatic heterocycles. The van der Waals surface area contributed by atoms with Crippen LogP contribution in [0.1, 0.15) is 18.1 Å². The molecule has 25 heavy (non-hydrogen) atoms. The van der Waals surface area contributed by atoms with Gasteiger partial charge in [0.05, 0.1) is 12.2 Å². The molecule has 0 saturated heterocycles. The molecule has 8 heteroatoms. The number of benzene rings is 2. The first kappa shape index (κ1) is 18.2. The third-order valence-electron chi connectivity index (χ3n) is 3.81. The standard InChI is InChI=1S/C17H15BrCl2N4O/c1-10(25)23-24-16(9-21)22-15-7-6-11(19)8-13(15)17(24,18)12-4-2-3-5-14(12)20/h2-8H,9,21H2,1H3,(H,23,25). The summed E-state index contributed by atoms with van der Waals surface area (Å²) in [4.78, 5) is 16.4. The average Bonchev–Trinajstić information content (AvgIpc) is 2.58. The quantitative estimate of drug-likeness (QED) is 0.559. The second kappa shape index (κ2) is 6.96. The van der Waals surface area contributed by atoms with Crippen molar-refractivity contribution >= 4 is 56.6 Å². The predicted octanol–water partition coefficient (Wildman–Crippen LogP) is 3.94. The van der Waals surface area contributed by atoms with E-state index in [1.54, 1.807) is 23.2 Å². The van der Waals surface area contributed by atoms with Gasteiger partial charge in [-0.25, -0.2) is 10.0 Å². The van der Waals surface area contributed by atoms with Crippen molar-refractivity contribution in [2.75, 3.05) is 6.54 Å². The van der Waals surface area contributed by atoms with Gasteiger partial charge in [0.15, 0.2) is 4.45 Å². The molecular formula is C17H15BrCl2N4O. The number of aliphatic imine (C=N–C) groups is 1. The number of hydrogen-bond donors (Lipinski definition) is 2. The first-order valence-corrected chi connectivity index (χ1v) is 9.02. The van der Waals surface area contributed by atoms with Crippen molar-refractivity contribution in [3.63, 3.8) is 0 Å². The Bertz CT molecular complexity index is 873. The Balaban J connectivity index is 2.34. The maximum Gasteiger partial charge on any atom is 0.235 e. The number of halogens is 3. The summed E-state index contributed by atoms with van der Waals surface area (Å²) in [6, 6.07) is 12.7. The Morgan fingerprint density at radius 2 is 2.00 bits per heavy atom. The van der Waals surface area contributed by atoms with E-state index in [1.165, 1.54) is 6.92 Å². The number of amides is 1. The molecule has 0 fully saturated rings. The second-order valence-corrected chi connectivity index (χ2v) is 7.49. The van der Waals surface area contributed by atoms with Crippen molar-refractivity contribution in [3.8, 4) is 0 Å². The minimum Gasteiger partial charge on any atom is -0.324 e. The Hall–Kier alpha value is -1.60. The van der Waals surface area contributed by atoms with E-state index in [-0.39, 0.29) is 12.5 Å². The molecule has 0 aliphatic carbocycles. The summed E-state index contributed by atoms with van der Waals surface area (Å²) < 4.78 is -1.01. The third-order valence-corrected chi connectivity index (χ3v) is 5.59. The summed E-state index contributed by atoms with van der Waals surface area (Å²) in [5.74, 6) is 0.226. The molecule has 1 aliphatic heterocycles. The van der Waals surface area contributed by atoms with Crippen LogP contribution in [0.3, 0.4) is 0 Å². The van der Waals surface area contributed by atoms with Crippen LogP contribution < -0.4 is 11.2 Å². The number of nitrogens with two attached hydrogens (primary N) is 1. The summed E-state index contributed by atoms with van der Waals surface area (Å²) >= 11 is 16.5. The number of rotatable bonds is 3. The highest BCUT2D eigenvalue weighted by molar-refractivity contribution is 9.09. The normalized spacial score (nSPS) is 19.2. The van der Waals surface area contributed by atoms with E-state index in [0.717, 1.165) is 11.1 Å². The maximum absolute atomic E-state index is 11.8. The molecule has 130 valence electrons. The fourth-order valence-corrected chi connectivity index (χ4v) is 4.31. The lowest BCUT2D eigenvalue weighted by Gasteiger charge is -2.44. The van der Waals surface area contributed by atoms with Crippen molar-refractivity contribution in [3.05, 3.63) is 63.6 Å². The van der Waals surface area contributed by atoms with Crippen molar-refractivity contribution < 1.29 is 4.79 Å². The number of amidine groups is 1. The summed E-state index contributed by atoms with van der Waals surface area (Å²) in [5, 5.41) is 2.66. The van der Waals surface area contributed by atoms with Crippen molar-refractivity contribution in [1.29, 1.82) is 0 Å². The van der Waals surface area contributed by atoms with Gasteiger partial charge in [-0.15, -0.1) is 0 Å². The van der Waals surface area contributed by atoms with Gasteiger partial charge in [-0.05, 0) is 40.2 Å². The predicted molar refractivity (Wildman–Crippen MR) is 104 cm³/mol. The molecule has 3 rings (SSSR count). The van der Waals surface area contributed by atoms with Crippen LogP contribution in [0, 0.1) is 0 Å². The molecule has 1 unspecified atom stereocenters. The lowest BCUT2D eigenvalue weighted by molar-refractivity contribution is -0.122. The van der Waals surface area contributed by atoms with E-state index < -0.39 is 4.45 Å². The summed E-state index contributed by atoms with van der Waals surface area (Å²) in [6.45, 7) is 1.54. The van der Waals surface area contributed by atoms with E-state index in [1.807, 2.05) is 24.3 Å². The number of carbonyl (C=O) groups is 1. The lowest BCUT2D eigenvalue weighted by Crippen LogP contribution is -2.58. The zero-order valence-electron chi connectivity index (χ0n) is 13.3. The first-order chi connectivity index (χ1) is 11.9. The maximum atomic E-state index is 11.8. The van der Waals surface area contributed by atoms with Gasteiger partial charge in [0.2, 0.25) is 5.91 Å². The molecular weight excluding hydrogens is 427 g/mol. The van der Waals surface area contributed by atoms with E-state index in [4.69, 9.17) is 28.9 Å². The summed E-state index contributed by atoms with van der Waals surface area (Å²) in [6.07, 6.45) is 0. The molecule has 1 aliphatic rings. The van der Waals surface area contributed by atoms with Gasteiger partial charge in [-0.3, -0.25) is 10.2 Å². The fraction of sp³-hybridized carbons (Fsp3) is 0.176. The molecule has 1 atom stereocenters. The fourth-order valence-electron chi connectivity index (χ4n) is 2.79. The van der Waals surface area contributed by atoms with Gasteiger partial charge < -0.3 is 5.73 Å². The Morgan fingerprint density at radius 1 is 1.28 bits per heavy atom.